The van der Waals surface area contributed by atoms with Crippen LogP contribution in [0.15, 0.2) is 65.1 Å². The van der Waals surface area contributed by atoms with Crippen LogP contribution in [0.3, 0.4) is 0 Å². The molecule has 0 spiro atoms. The van der Waals surface area contributed by atoms with Crippen molar-refractivity contribution >= 4 is 68.7 Å². The van der Waals surface area contributed by atoms with Crippen LogP contribution in [0.2, 0.25) is 0 Å². The number of piperazine rings is 1. The molecule has 21 nitrogen and oxygen atoms in total. The number of halogens is 3. The molecular formula is C55H77BrI2N8O13+2. The number of likely N-dealkylation sites (tertiary alicyclic amines) is 1. The van der Waals surface area contributed by atoms with Crippen molar-refractivity contribution in [1.29, 1.82) is 0 Å². The lowest BCUT2D eigenvalue weighted by atomic mass is 9.97. The molecule has 5 aliphatic heterocycles. The number of aliphatic hydroxyl groups excluding tert-OH is 1. The van der Waals surface area contributed by atoms with E-state index in [0.717, 1.165) is 63.0 Å². The van der Waals surface area contributed by atoms with Crippen molar-refractivity contribution in [3.8, 4) is 22.6 Å². The monoisotopic (exact) mass is 1390 g/mol. The average molecular weight is 1390 g/mol. The highest BCUT2D eigenvalue weighted by molar-refractivity contribution is 14.1. The van der Waals surface area contributed by atoms with Crippen LogP contribution in [0.25, 0.3) is 11.1 Å². The number of piperidine rings is 1. The zero-order chi connectivity index (χ0) is 55.4. The van der Waals surface area contributed by atoms with E-state index in [1.807, 2.05) is 46.2 Å². The van der Waals surface area contributed by atoms with Gasteiger partial charge in [-0.15, -0.1) is 9.18 Å². The van der Waals surface area contributed by atoms with Crippen LogP contribution in [0.4, 0.5) is 0 Å². The lowest BCUT2D eigenvalue weighted by Crippen LogP contribution is -3.14. The Morgan fingerprint density at radius 2 is 1.66 bits per heavy atom. The molecular weight excluding hydrogens is 1310 g/mol. The molecule has 24 heteroatoms. The lowest BCUT2D eigenvalue weighted by Gasteiger charge is -2.38. The predicted octanol–water partition coefficient (Wildman–Crippen LogP) is -0.00898. The van der Waals surface area contributed by atoms with Crippen LogP contribution in [-0.4, -0.2) is 225 Å². The summed E-state index contributed by atoms with van der Waals surface area (Å²) in [6, 6.07) is 19.2. The van der Waals surface area contributed by atoms with Crippen molar-refractivity contribution in [1.82, 2.24) is 24.9 Å². The van der Waals surface area contributed by atoms with Gasteiger partial charge in [-0.25, -0.2) is 14.4 Å². The summed E-state index contributed by atoms with van der Waals surface area (Å²) in [5.41, 5.74) is 5.38. The number of methoxy groups -OCH3 is 2. The van der Waals surface area contributed by atoms with Gasteiger partial charge in [0.25, 0.3) is 0 Å². The molecule has 2 bridgehead atoms. The third kappa shape index (κ3) is 15.6. The van der Waals surface area contributed by atoms with Gasteiger partial charge in [0.15, 0.2) is 55.5 Å². The third-order valence-electron chi connectivity index (χ3n) is 16.4. The van der Waals surface area contributed by atoms with Crippen LogP contribution in [0.1, 0.15) is 55.2 Å². The Hall–Kier alpha value is -3.81. The van der Waals surface area contributed by atoms with E-state index in [1.54, 1.807) is 28.3 Å². The molecule has 0 saturated carbocycles. The molecule has 0 aliphatic carbocycles. The van der Waals surface area contributed by atoms with E-state index in [2.05, 4.69) is 56.9 Å². The number of nitrogens with one attached hydrogen (secondary N) is 1. The number of hydrogen-bond acceptors (Lipinski definition) is 16. The first kappa shape index (κ1) is 62.8. The fourth-order valence-corrected chi connectivity index (χ4v) is 12.6. The molecule has 6 atom stereocenters. The minimum absolute atomic E-state index is 0. The topological polar surface area (TPSA) is 202 Å². The zero-order valence-corrected chi connectivity index (χ0v) is 51.4. The second-order valence-corrected chi connectivity index (χ2v) is 22.5. The van der Waals surface area contributed by atoms with Gasteiger partial charge in [-0.1, -0.05) is 55.0 Å². The molecule has 79 heavy (non-hydrogen) atoms. The van der Waals surface area contributed by atoms with E-state index in [4.69, 9.17) is 26.9 Å². The first-order valence-corrected chi connectivity index (χ1v) is 28.9. The highest BCUT2D eigenvalue weighted by Gasteiger charge is 2.71. The number of aliphatic carboxylic acids is 1. The van der Waals surface area contributed by atoms with E-state index < -0.39 is 36.3 Å². The largest absolute Gasteiger partial charge is 1.00 e. The number of aliphatic hydroxyl groups is 1. The van der Waals surface area contributed by atoms with Crippen LogP contribution in [0, 0.1) is 6.92 Å². The van der Waals surface area contributed by atoms with Gasteiger partial charge in [-0.3, -0.25) is 29.1 Å². The molecule has 5 heterocycles. The van der Waals surface area contributed by atoms with Crippen molar-refractivity contribution in [2.24, 2.45) is 0 Å². The Kier molecular flexibility index (Phi) is 23.4. The van der Waals surface area contributed by atoms with Gasteiger partial charge in [0, 0.05) is 83.9 Å². The second-order valence-electron chi connectivity index (χ2n) is 21.2. The quantitative estimate of drug-likeness (QED) is 0.0399. The molecule has 5 fully saturated rings. The van der Waals surface area contributed by atoms with Gasteiger partial charge in [0.2, 0.25) is 23.8 Å². The van der Waals surface area contributed by atoms with Gasteiger partial charge in [0.1, 0.15) is 37.2 Å². The summed E-state index contributed by atoms with van der Waals surface area (Å²) in [6.45, 7) is 11.0. The minimum Gasteiger partial charge on any atom is -1.00 e. The summed E-state index contributed by atoms with van der Waals surface area (Å²) in [5, 5.41) is 22.3. The van der Waals surface area contributed by atoms with Crippen molar-refractivity contribution in [3.05, 3.63) is 81.8 Å². The van der Waals surface area contributed by atoms with E-state index in [-0.39, 0.29) is 77.5 Å². The van der Waals surface area contributed by atoms with Gasteiger partial charge in [-0.05, 0) is 77.0 Å². The highest BCUT2D eigenvalue weighted by atomic mass is 127. The van der Waals surface area contributed by atoms with Crippen molar-refractivity contribution < 1.29 is 99.1 Å². The highest BCUT2D eigenvalue weighted by Crippen LogP contribution is 2.41. The van der Waals surface area contributed by atoms with E-state index in [0.29, 0.717) is 123 Å². The number of carbonyl (C=O) groups excluding carboxylic acids is 4. The molecule has 8 rings (SSSR count). The van der Waals surface area contributed by atoms with Gasteiger partial charge < -0.3 is 66.0 Å². The molecule has 434 valence electrons. The lowest BCUT2D eigenvalue weighted by molar-refractivity contribution is -1.24. The molecule has 3 aromatic rings. The Morgan fingerprint density at radius 1 is 0.873 bits per heavy atom. The standard InChI is InChI=1S/C55H75BrIN8O13.HI/c1-40-42(13-9-14-44(40)41-11-5-4-6-12-41)39-76-49-34-48(43(33-45(49)56)35-62-19-8-7-15-46(62)54(70)71)75-32-10-18-58-22-24-61(25-23-58)50(66)17-16-47-55(72)78-63-64(38-53(69)74-3)28-26-59(37-52(68)77-57)20-21-60(36-51(67)73-2)27-29-65(47,63)31-30-64;/h4-6,9,11-14,33-34,46-47,51,67H,7-8,10,15-32,35-39H2,1-3H3;1H/q+1;/p+1/t46-,47?,51?,64?,65?;/m0./s1. The number of esters is 1. The van der Waals surface area contributed by atoms with E-state index in [1.165, 1.54) is 14.2 Å². The summed E-state index contributed by atoms with van der Waals surface area (Å²) in [5.74, 6) is -0.888. The maximum Gasteiger partial charge on any atom is 0.395 e. The fourth-order valence-electron chi connectivity index (χ4n) is 11.9. The van der Waals surface area contributed by atoms with Crippen molar-refractivity contribution in [2.45, 2.75) is 77.0 Å². The molecule has 3 N–H and O–H groups in total. The van der Waals surface area contributed by atoms with Gasteiger partial charge in [0.05, 0.1) is 31.3 Å². The Labute approximate surface area is 502 Å². The molecule has 5 saturated heterocycles. The fraction of sp³-hybridized carbons (Fsp3) is 0.582. The number of nitrogens with zero attached hydrogens (tertiary/aromatic N) is 7. The number of amides is 1. The number of quaternary nitrogens is 3. The number of carboxylic acid groups (broad SMARTS) is 1. The number of rotatable bonds is 22. The molecule has 3 aromatic carbocycles. The van der Waals surface area contributed by atoms with Crippen LogP contribution in [-0.2, 0) is 54.5 Å². The number of β-amino-alcohol motifs (C(OH)–C–C–N with tert-alkyl or cyclic N) is 1. The van der Waals surface area contributed by atoms with Gasteiger partial charge >= 0.3 is 23.9 Å². The average Bonchev–Trinajstić information content (AvgIpc) is 4.15. The first-order valence-electron chi connectivity index (χ1n) is 27.3. The summed E-state index contributed by atoms with van der Waals surface area (Å²) in [6.07, 6.45) is 2.44. The van der Waals surface area contributed by atoms with Gasteiger partial charge in [-0.2, -0.15) is 0 Å². The number of ether oxygens (including phenoxy) is 4. The van der Waals surface area contributed by atoms with E-state index >= 15 is 0 Å². The SMILES string of the molecule is COC(=O)C[N+]12CC[NH+](CC(=O)OI)CCN(CC(O)OC)CC[N+]3(CC1)C(CCC(=O)N1CCN(CCCOc4cc(OCc5cccc(-c6ccccc6)c5C)c(Br)cc4CN4CCCC[C@H]4C(=O)O)CC1)C(=O)ON23.[I-]. The molecule has 1 amide bonds. The smallest absolute Gasteiger partial charge is 0.395 e. The summed E-state index contributed by atoms with van der Waals surface area (Å²) < 4.78 is 29.3. The summed E-state index contributed by atoms with van der Waals surface area (Å²) in [7, 11) is 2.76. The number of carbonyl (C=O) groups is 5. The molecule has 0 radical (unpaired) electrons. The number of benzene rings is 3. The van der Waals surface area contributed by atoms with Crippen molar-refractivity contribution in [2.75, 3.05) is 132 Å². The zero-order valence-electron chi connectivity index (χ0n) is 45.5. The minimum atomic E-state index is -1.06. The molecule has 0 aromatic heterocycles. The Balaban J connectivity index is 0.00000903. The second kappa shape index (κ2) is 29.4. The van der Waals surface area contributed by atoms with Crippen LogP contribution >= 0.6 is 38.9 Å². The normalized spacial score (nSPS) is 24.6. The molecule has 5 unspecified atom stereocenters. The van der Waals surface area contributed by atoms with Crippen LogP contribution in [0.5, 0.6) is 11.5 Å². The predicted molar refractivity (Wildman–Crippen MR) is 297 cm³/mol. The molecule has 5 aliphatic rings. The van der Waals surface area contributed by atoms with Crippen molar-refractivity contribution in [3.63, 3.8) is 0 Å². The first-order chi connectivity index (χ1) is 37.6. The number of carboxylic acids is 1. The number of hydrogen-bond donors (Lipinski definition) is 3. The summed E-state index contributed by atoms with van der Waals surface area (Å²) >= 11 is 5.35. The van der Waals surface area contributed by atoms with E-state index in [9.17, 15) is 34.2 Å². The third-order valence-corrected chi connectivity index (χ3v) is 17.6. The van der Waals surface area contributed by atoms with Crippen LogP contribution < -0.4 is 38.4 Å². The maximum atomic E-state index is 14.1. The summed E-state index contributed by atoms with van der Waals surface area (Å²) in [4.78, 5) is 81.4. The Bertz CT molecular complexity index is 2570. The maximum absolute atomic E-state index is 14.1. The Morgan fingerprint density at radius 3 is 2.39 bits per heavy atom.